The van der Waals surface area contributed by atoms with E-state index in [4.69, 9.17) is 5.11 Å². The maximum Gasteiger partial charge on any atom is 0.115 e. The molecule has 2 nitrogen and oxygen atoms in total. The summed E-state index contributed by atoms with van der Waals surface area (Å²) < 4.78 is 0. The van der Waals surface area contributed by atoms with Crippen LogP contribution in [0, 0.1) is 0 Å². The SMILES string of the molecule is C[C@@H](c1ccc(O)cc1)N(C)C.Cl. The van der Waals surface area contributed by atoms with Crippen molar-refractivity contribution < 1.29 is 5.11 Å². The van der Waals surface area contributed by atoms with Crippen LogP contribution >= 0.6 is 12.4 Å². The number of benzene rings is 1. The molecule has 0 spiro atoms. The highest BCUT2D eigenvalue weighted by atomic mass is 35.5. The first-order valence-corrected chi connectivity index (χ1v) is 4.06. The Morgan fingerprint density at radius 1 is 1.15 bits per heavy atom. The molecular formula is C10H16ClNO. The zero-order chi connectivity index (χ0) is 9.14. The second-order valence-corrected chi connectivity index (χ2v) is 3.23. The van der Waals surface area contributed by atoms with E-state index < -0.39 is 0 Å². The number of hydrogen-bond donors (Lipinski definition) is 1. The molecule has 13 heavy (non-hydrogen) atoms. The van der Waals surface area contributed by atoms with E-state index in [2.05, 4.69) is 11.8 Å². The second kappa shape index (κ2) is 5.10. The number of phenolic OH excluding ortho intramolecular Hbond substituents is 1. The van der Waals surface area contributed by atoms with Crippen LogP contribution in [-0.2, 0) is 0 Å². The van der Waals surface area contributed by atoms with Gasteiger partial charge < -0.3 is 10.0 Å². The molecule has 0 aliphatic rings. The zero-order valence-electron chi connectivity index (χ0n) is 8.19. The van der Waals surface area contributed by atoms with Crippen molar-refractivity contribution in [2.24, 2.45) is 0 Å². The summed E-state index contributed by atoms with van der Waals surface area (Å²) in [5.74, 6) is 0.324. The lowest BCUT2D eigenvalue weighted by molar-refractivity contribution is 0.321. The maximum absolute atomic E-state index is 9.06. The molecule has 1 atom stereocenters. The Hall–Kier alpha value is -0.730. The van der Waals surface area contributed by atoms with Crippen molar-refractivity contribution in [1.82, 2.24) is 4.90 Å². The largest absolute Gasteiger partial charge is 0.508 e. The van der Waals surface area contributed by atoms with Gasteiger partial charge in [0.05, 0.1) is 0 Å². The maximum atomic E-state index is 9.06. The minimum Gasteiger partial charge on any atom is -0.508 e. The van der Waals surface area contributed by atoms with Crippen molar-refractivity contribution in [3.8, 4) is 5.75 Å². The van der Waals surface area contributed by atoms with Crippen molar-refractivity contribution in [1.29, 1.82) is 0 Å². The Balaban J connectivity index is 0.00000144. The van der Waals surface area contributed by atoms with Gasteiger partial charge in [-0.3, -0.25) is 0 Å². The molecule has 0 saturated heterocycles. The molecule has 0 aromatic heterocycles. The van der Waals surface area contributed by atoms with Crippen molar-refractivity contribution in [2.75, 3.05) is 14.1 Å². The molecule has 3 heteroatoms. The molecule has 0 heterocycles. The highest BCUT2D eigenvalue weighted by molar-refractivity contribution is 5.85. The predicted molar refractivity (Wildman–Crippen MR) is 57.5 cm³/mol. The first-order valence-electron chi connectivity index (χ1n) is 4.06. The summed E-state index contributed by atoms with van der Waals surface area (Å²) in [6.45, 7) is 2.13. The van der Waals surface area contributed by atoms with Crippen molar-refractivity contribution in [3.63, 3.8) is 0 Å². The molecule has 0 radical (unpaired) electrons. The fourth-order valence-corrected chi connectivity index (χ4v) is 1.05. The summed E-state index contributed by atoms with van der Waals surface area (Å²) >= 11 is 0. The second-order valence-electron chi connectivity index (χ2n) is 3.23. The van der Waals surface area contributed by atoms with Crippen LogP contribution in [0.15, 0.2) is 24.3 Å². The van der Waals surface area contributed by atoms with E-state index in [0.717, 1.165) is 0 Å². The van der Waals surface area contributed by atoms with Gasteiger partial charge in [-0.05, 0) is 38.7 Å². The molecule has 0 aliphatic carbocycles. The van der Waals surface area contributed by atoms with Gasteiger partial charge in [0.2, 0.25) is 0 Å². The van der Waals surface area contributed by atoms with Crippen LogP contribution in [-0.4, -0.2) is 24.1 Å². The third-order valence-electron chi connectivity index (χ3n) is 2.15. The fourth-order valence-electron chi connectivity index (χ4n) is 1.05. The molecule has 0 bridgehead atoms. The first-order chi connectivity index (χ1) is 5.61. The Morgan fingerprint density at radius 2 is 1.62 bits per heavy atom. The van der Waals surface area contributed by atoms with E-state index in [9.17, 15) is 0 Å². The van der Waals surface area contributed by atoms with Crippen LogP contribution in [0.3, 0.4) is 0 Å². The average Bonchev–Trinajstić information content (AvgIpc) is 2.04. The number of nitrogens with zero attached hydrogens (tertiary/aromatic N) is 1. The van der Waals surface area contributed by atoms with Gasteiger partial charge in [-0.15, -0.1) is 12.4 Å². The summed E-state index contributed by atoms with van der Waals surface area (Å²) in [6, 6.07) is 7.72. The third kappa shape index (κ3) is 3.25. The van der Waals surface area contributed by atoms with Gasteiger partial charge in [-0.25, -0.2) is 0 Å². The molecule has 0 aliphatic heterocycles. The van der Waals surface area contributed by atoms with Crippen LogP contribution in [0.1, 0.15) is 18.5 Å². The Labute approximate surface area is 85.6 Å². The molecule has 1 aromatic rings. The number of rotatable bonds is 2. The Kier molecular flexibility index (Phi) is 4.81. The molecule has 0 unspecified atom stereocenters. The lowest BCUT2D eigenvalue weighted by Crippen LogP contribution is -2.16. The van der Waals surface area contributed by atoms with Gasteiger partial charge in [0.1, 0.15) is 5.75 Å². The lowest BCUT2D eigenvalue weighted by atomic mass is 10.1. The van der Waals surface area contributed by atoms with E-state index >= 15 is 0 Å². The minimum absolute atomic E-state index is 0. The van der Waals surface area contributed by atoms with Crippen LogP contribution in [0.2, 0.25) is 0 Å². The minimum atomic E-state index is 0. The Bertz CT molecular complexity index is 246. The quantitative estimate of drug-likeness (QED) is 0.795. The summed E-state index contributed by atoms with van der Waals surface area (Å²) in [5, 5.41) is 9.06. The van der Waals surface area contributed by atoms with E-state index in [1.165, 1.54) is 5.56 Å². The van der Waals surface area contributed by atoms with Crippen molar-refractivity contribution in [3.05, 3.63) is 29.8 Å². The molecular weight excluding hydrogens is 186 g/mol. The van der Waals surface area contributed by atoms with Gasteiger partial charge in [0.25, 0.3) is 0 Å². The summed E-state index contributed by atoms with van der Waals surface area (Å²) in [5.41, 5.74) is 1.22. The van der Waals surface area contributed by atoms with Gasteiger partial charge in [0, 0.05) is 6.04 Å². The van der Waals surface area contributed by atoms with Gasteiger partial charge >= 0.3 is 0 Å². The predicted octanol–water partition coefficient (Wildman–Crippen LogP) is 2.44. The van der Waals surface area contributed by atoms with E-state index in [0.29, 0.717) is 11.8 Å². The van der Waals surface area contributed by atoms with Crippen LogP contribution in [0.5, 0.6) is 5.75 Å². The number of aromatic hydroxyl groups is 1. The molecule has 0 amide bonds. The van der Waals surface area contributed by atoms with E-state index in [1.54, 1.807) is 12.1 Å². The van der Waals surface area contributed by atoms with Crippen LogP contribution < -0.4 is 0 Å². The van der Waals surface area contributed by atoms with E-state index in [1.807, 2.05) is 26.2 Å². The van der Waals surface area contributed by atoms with Gasteiger partial charge in [-0.2, -0.15) is 0 Å². The summed E-state index contributed by atoms with van der Waals surface area (Å²) in [6.07, 6.45) is 0. The summed E-state index contributed by atoms with van der Waals surface area (Å²) in [7, 11) is 4.08. The molecule has 1 N–H and O–H groups in total. The monoisotopic (exact) mass is 201 g/mol. The highest BCUT2D eigenvalue weighted by Crippen LogP contribution is 2.19. The number of halogens is 1. The fraction of sp³-hybridized carbons (Fsp3) is 0.400. The smallest absolute Gasteiger partial charge is 0.115 e. The van der Waals surface area contributed by atoms with Crippen molar-refractivity contribution in [2.45, 2.75) is 13.0 Å². The normalized spacial score (nSPS) is 12.3. The number of hydrogen-bond acceptors (Lipinski definition) is 2. The first kappa shape index (κ1) is 12.3. The zero-order valence-corrected chi connectivity index (χ0v) is 9.01. The van der Waals surface area contributed by atoms with Gasteiger partial charge in [0.15, 0.2) is 0 Å². The molecule has 1 rings (SSSR count). The Morgan fingerprint density at radius 3 is 2.00 bits per heavy atom. The number of phenols is 1. The van der Waals surface area contributed by atoms with Crippen LogP contribution in [0.4, 0.5) is 0 Å². The third-order valence-corrected chi connectivity index (χ3v) is 2.15. The standard InChI is InChI=1S/C10H15NO.ClH/c1-8(11(2)3)9-4-6-10(12)7-5-9;/h4-8,12H,1-3H3;1H/t8-;/m0./s1. The highest BCUT2D eigenvalue weighted by Gasteiger charge is 2.06. The molecule has 0 saturated carbocycles. The van der Waals surface area contributed by atoms with Crippen LogP contribution in [0.25, 0.3) is 0 Å². The molecule has 74 valence electrons. The lowest BCUT2D eigenvalue weighted by Gasteiger charge is -2.19. The molecule has 0 fully saturated rings. The topological polar surface area (TPSA) is 23.5 Å². The summed E-state index contributed by atoms with van der Waals surface area (Å²) in [4.78, 5) is 2.13. The van der Waals surface area contributed by atoms with Gasteiger partial charge in [-0.1, -0.05) is 12.1 Å². The van der Waals surface area contributed by atoms with Crippen molar-refractivity contribution >= 4 is 12.4 Å². The van der Waals surface area contributed by atoms with E-state index in [-0.39, 0.29) is 12.4 Å². The molecule has 1 aromatic carbocycles. The average molecular weight is 202 g/mol.